The van der Waals surface area contributed by atoms with E-state index in [4.69, 9.17) is 9.47 Å². The van der Waals surface area contributed by atoms with Crippen LogP contribution in [0, 0.1) is 12.8 Å². The molecule has 4 saturated heterocycles. The lowest BCUT2D eigenvalue weighted by atomic mass is 9.72. The van der Waals surface area contributed by atoms with E-state index in [0.717, 1.165) is 80.7 Å². The Morgan fingerprint density at radius 1 is 0.982 bits per heavy atom. The van der Waals surface area contributed by atoms with Crippen molar-refractivity contribution in [2.24, 2.45) is 5.92 Å². The Morgan fingerprint density at radius 2 is 1.77 bits per heavy atom. The van der Waals surface area contributed by atoms with Crippen molar-refractivity contribution < 1.29 is 29.3 Å². The average molecular weight is 763 g/mol. The number of unbranched alkanes of at least 4 members (excludes halogenated alkanes) is 2. The zero-order valence-electron chi connectivity index (χ0n) is 32.3. The van der Waals surface area contributed by atoms with E-state index in [-0.39, 0.29) is 29.3 Å². The van der Waals surface area contributed by atoms with Gasteiger partial charge in [0.1, 0.15) is 17.6 Å². The number of aromatic amines is 1. The number of nitrogens with one attached hydrogen (secondary N) is 2. The number of phenols is 1. The number of ether oxygens (including phenoxy) is 2. The first-order valence-electron chi connectivity index (χ1n) is 20.1. The normalized spacial score (nSPS) is 21.0. The number of aromatic nitrogens is 1. The van der Waals surface area contributed by atoms with Gasteiger partial charge in [-0.25, -0.2) is 0 Å². The molecule has 56 heavy (non-hydrogen) atoms. The smallest absolute Gasteiger partial charge is 0.317 e. The number of aryl methyl sites for hydroxylation is 1. The first-order valence-corrected chi connectivity index (χ1v) is 20.1. The second-order valence-electron chi connectivity index (χ2n) is 15.6. The van der Waals surface area contributed by atoms with Gasteiger partial charge in [0.05, 0.1) is 23.6 Å². The van der Waals surface area contributed by atoms with Gasteiger partial charge in [0.25, 0.3) is 0 Å². The summed E-state index contributed by atoms with van der Waals surface area (Å²) < 4.78 is 12.4. The maximum Gasteiger partial charge on any atom is 0.317 e. The number of carbonyl (C=O) groups is 2. The molecule has 1 amide bonds. The summed E-state index contributed by atoms with van der Waals surface area (Å²) in [7, 11) is 0. The van der Waals surface area contributed by atoms with E-state index >= 15 is 0 Å². The highest BCUT2D eigenvalue weighted by molar-refractivity contribution is 5.92. The van der Waals surface area contributed by atoms with Crippen molar-refractivity contribution in [2.45, 2.75) is 69.5 Å². The average Bonchev–Trinajstić information content (AvgIpc) is 3.22. The highest BCUT2D eigenvalue weighted by atomic mass is 16.5. The summed E-state index contributed by atoms with van der Waals surface area (Å²) in [5.74, 6) is 1.02. The van der Waals surface area contributed by atoms with Gasteiger partial charge >= 0.3 is 5.97 Å². The molecule has 2 bridgehead atoms. The Morgan fingerprint density at radius 3 is 2.50 bits per heavy atom. The minimum Gasteiger partial charge on any atom is -0.506 e. The van der Waals surface area contributed by atoms with Crippen LogP contribution >= 0.6 is 0 Å². The highest BCUT2D eigenvalue weighted by Gasteiger charge is 2.47. The van der Waals surface area contributed by atoms with Gasteiger partial charge in [-0.3, -0.25) is 19.3 Å². The Balaban J connectivity index is 0.831. The van der Waals surface area contributed by atoms with E-state index < -0.39 is 11.5 Å². The lowest BCUT2D eigenvalue weighted by molar-refractivity contribution is -0.168. The molecule has 11 nitrogen and oxygen atoms in total. The minimum atomic E-state index is -0.784. The zero-order valence-corrected chi connectivity index (χ0v) is 32.3. The third-order valence-electron chi connectivity index (χ3n) is 12.0. The third-order valence-corrected chi connectivity index (χ3v) is 12.0. The summed E-state index contributed by atoms with van der Waals surface area (Å²) in [4.78, 5) is 45.8. The molecular weight excluding hydrogens is 709 g/mol. The van der Waals surface area contributed by atoms with Gasteiger partial charge in [-0.15, -0.1) is 0 Å². The fourth-order valence-electron chi connectivity index (χ4n) is 8.59. The van der Waals surface area contributed by atoms with Gasteiger partial charge in [0, 0.05) is 43.7 Å². The summed E-state index contributed by atoms with van der Waals surface area (Å²) in [6, 6.07) is 22.0. The Kier molecular flexibility index (Phi) is 12.5. The summed E-state index contributed by atoms with van der Waals surface area (Å²) in [6.07, 6.45) is 8.63. The molecule has 296 valence electrons. The lowest BCUT2D eigenvalue weighted by Gasteiger charge is -2.46. The molecule has 0 spiro atoms. The standard InChI is InChI=1S/C45H54N4O7/c1-31-28-32(10-15-39(31)55-27-7-3-6-22-46-29-38(51)35-12-14-37(50)43-36(35)13-16-41(52)47-43)11-17-42(53)49-25-20-45(21-26-49,34-8-4-2-5-9-34)44(54)56-40-30-48-23-18-33(40)19-24-48/h2,4-5,8-17,28,33,38,40,46,50-51H,3,6-7,18-27,29-30H2,1H3,(H,47,52)/b17-11+/t38?,40-/m0/s1. The molecule has 4 aromatic rings. The van der Waals surface area contributed by atoms with Crippen LogP contribution in [0.1, 0.15) is 73.3 Å². The van der Waals surface area contributed by atoms with E-state index in [1.54, 1.807) is 18.2 Å². The molecule has 4 N–H and O–H groups in total. The van der Waals surface area contributed by atoms with Crippen LogP contribution in [0.4, 0.5) is 0 Å². The molecule has 4 fully saturated rings. The van der Waals surface area contributed by atoms with Crippen molar-refractivity contribution in [3.8, 4) is 11.5 Å². The number of rotatable bonds is 15. The van der Waals surface area contributed by atoms with E-state index in [2.05, 4.69) is 15.2 Å². The van der Waals surface area contributed by atoms with Crippen LogP contribution in [0.3, 0.4) is 0 Å². The number of pyridine rings is 1. The largest absolute Gasteiger partial charge is 0.506 e. The lowest BCUT2D eigenvalue weighted by Crippen LogP contribution is -2.55. The van der Waals surface area contributed by atoms with E-state index in [9.17, 15) is 24.6 Å². The molecule has 2 atom stereocenters. The predicted octanol–water partition coefficient (Wildman–Crippen LogP) is 5.63. The number of aliphatic hydroxyl groups is 1. The number of esters is 1. The van der Waals surface area contributed by atoms with Gasteiger partial charge in [0.2, 0.25) is 11.5 Å². The quantitative estimate of drug-likeness (QED) is 0.0689. The number of hydrogen-bond donors (Lipinski definition) is 4. The van der Waals surface area contributed by atoms with Crippen LogP contribution in [0.2, 0.25) is 0 Å². The van der Waals surface area contributed by atoms with Crippen molar-refractivity contribution in [1.29, 1.82) is 0 Å². The molecule has 0 aliphatic carbocycles. The molecule has 0 saturated carbocycles. The summed E-state index contributed by atoms with van der Waals surface area (Å²) in [5, 5.41) is 24.7. The van der Waals surface area contributed by atoms with Crippen molar-refractivity contribution in [2.75, 3.05) is 52.4 Å². The number of hydrogen-bond acceptors (Lipinski definition) is 9. The minimum absolute atomic E-state index is 0.0281. The fourth-order valence-corrected chi connectivity index (χ4v) is 8.59. The summed E-state index contributed by atoms with van der Waals surface area (Å²) in [5.41, 5.74) is 2.79. The molecule has 11 heteroatoms. The summed E-state index contributed by atoms with van der Waals surface area (Å²) in [6.45, 7) is 7.65. The number of fused-ring (bicyclic) bond motifs is 4. The number of carbonyl (C=O) groups excluding carboxylic acids is 2. The van der Waals surface area contributed by atoms with Crippen LogP contribution in [-0.4, -0.2) is 95.4 Å². The zero-order chi connectivity index (χ0) is 39.1. The van der Waals surface area contributed by atoms with E-state index in [0.29, 0.717) is 61.5 Å². The molecule has 8 rings (SSSR count). The molecule has 0 radical (unpaired) electrons. The predicted molar refractivity (Wildman–Crippen MR) is 217 cm³/mol. The SMILES string of the molecule is Cc1cc(/C=C/C(=O)N2CCC(C(=O)O[C@H]3CN4CCC3CC4)(c3ccccc3)CC2)ccc1OCCCCCNCC(O)c1ccc(O)c2[nH]c(=O)ccc12. The van der Waals surface area contributed by atoms with E-state index in [1.165, 1.54) is 12.1 Å². The number of benzene rings is 3. The number of H-pyrrole nitrogens is 1. The van der Waals surface area contributed by atoms with Gasteiger partial charge in [-0.2, -0.15) is 0 Å². The second kappa shape index (κ2) is 17.9. The number of likely N-dealkylation sites (tertiary alicyclic amines) is 1. The number of aromatic hydroxyl groups is 1. The van der Waals surface area contributed by atoms with Crippen LogP contribution in [0.15, 0.2) is 83.7 Å². The number of aliphatic hydroxyl groups excluding tert-OH is 1. The van der Waals surface area contributed by atoms with Crippen LogP contribution in [0.25, 0.3) is 17.0 Å². The molecule has 1 unspecified atom stereocenters. The Labute approximate surface area is 328 Å². The Bertz CT molecular complexity index is 2070. The summed E-state index contributed by atoms with van der Waals surface area (Å²) >= 11 is 0. The Hall–Kier alpha value is -4.97. The number of piperidine rings is 4. The molecule has 4 aliphatic heterocycles. The molecule has 5 heterocycles. The van der Waals surface area contributed by atoms with Crippen molar-refractivity contribution >= 4 is 28.9 Å². The van der Waals surface area contributed by atoms with Gasteiger partial charge in [0.15, 0.2) is 0 Å². The van der Waals surface area contributed by atoms with Gasteiger partial charge < -0.3 is 34.9 Å². The highest BCUT2D eigenvalue weighted by Crippen LogP contribution is 2.39. The molecular formula is C45H54N4O7. The molecule has 4 aliphatic rings. The first-order chi connectivity index (χ1) is 27.2. The number of phenolic OH excluding ortho intramolecular Hbond substituents is 1. The fraction of sp³-hybridized carbons (Fsp3) is 0.444. The monoisotopic (exact) mass is 762 g/mol. The topological polar surface area (TPSA) is 144 Å². The van der Waals surface area contributed by atoms with E-state index in [1.807, 2.05) is 66.4 Å². The second-order valence-corrected chi connectivity index (χ2v) is 15.6. The maximum atomic E-state index is 14.0. The van der Waals surface area contributed by atoms with Crippen molar-refractivity contribution in [1.82, 2.24) is 20.1 Å². The molecule has 3 aromatic carbocycles. The third kappa shape index (κ3) is 9.01. The van der Waals surface area contributed by atoms with Crippen LogP contribution < -0.4 is 15.6 Å². The number of nitrogens with zero attached hydrogens (tertiary/aromatic N) is 2. The molecule has 1 aromatic heterocycles. The van der Waals surface area contributed by atoms with Crippen molar-refractivity contribution in [3.63, 3.8) is 0 Å². The first kappa shape index (κ1) is 39.3. The van der Waals surface area contributed by atoms with Gasteiger partial charge in [-0.1, -0.05) is 42.5 Å². The van der Waals surface area contributed by atoms with Crippen molar-refractivity contribution in [3.05, 3.63) is 111 Å². The number of amides is 1. The maximum absolute atomic E-state index is 14.0. The van der Waals surface area contributed by atoms with Crippen LogP contribution in [0.5, 0.6) is 11.5 Å². The van der Waals surface area contributed by atoms with Gasteiger partial charge in [-0.05, 0) is 130 Å². The van der Waals surface area contributed by atoms with Crippen LogP contribution in [-0.2, 0) is 19.7 Å².